The van der Waals surface area contributed by atoms with Gasteiger partial charge in [0.1, 0.15) is 0 Å². The highest BCUT2D eigenvalue weighted by atomic mass is 35.5. The quantitative estimate of drug-likeness (QED) is 0.384. The summed E-state index contributed by atoms with van der Waals surface area (Å²) < 4.78 is 0. The molecule has 1 aliphatic rings. The van der Waals surface area contributed by atoms with Crippen LogP contribution in [-0.2, 0) is 6.54 Å². The Morgan fingerprint density at radius 3 is 2.38 bits per heavy atom. The summed E-state index contributed by atoms with van der Waals surface area (Å²) in [4.78, 5) is 7.24. The fourth-order valence-electron chi connectivity index (χ4n) is 3.45. The normalized spacial score (nSPS) is 16.8. The number of nitrogens with two attached hydrogens (primary N) is 1. The Morgan fingerprint density at radius 2 is 1.78 bits per heavy atom. The van der Waals surface area contributed by atoms with Crippen molar-refractivity contribution in [2.24, 2.45) is 16.6 Å². The van der Waals surface area contributed by atoms with Gasteiger partial charge in [-0.05, 0) is 48.8 Å². The van der Waals surface area contributed by atoms with Crippen LogP contribution in [0.1, 0.15) is 24.5 Å². The van der Waals surface area contributed by atoms with Gasteiger partial charge in [-0.15, -0.1) is 0 Å². The summed E-state index contributed by atoms with van der Waals surface area (Å²) in [5.41, 5.74) is 10.2. The second-order valence-electron chi connectivity index (χ2n) is 7.56. The molecule has 0 amide bonds. The van der Waals surface area contributed by atoms with Crippen molar-refractivity contribution in [1.82, 2.24) is 10.2 Å². The van der Waals surface area contributed by atoms with Crippen molar-refractivity contribution in [2.45, 2.75) is 26.1 Å². The highest BCUT2D eigenvalue weighted by Gasteiger charge is 2.27. The van der Waals surface area contributed by atoms with Crippen LogP contribution in [0.5, 0.6) is 0 Å². The van der Waals surface area contributed by atoms with Crippen LogP contribution in [0, 0.1) is 5.92 Å². The van der Waals surface area contributed by atoms with Crippen LogP contribution in [0.3, 0.4) is 0 Å². The van der Waals surface area contributed by atoms with E-state index in [1.807, 2.05) is 36.4 Å². The van der Waals surface area contributed by atoms with E-state index in [2.05, 4.69) is 79.5 Å². The third-order valence-electron chi connectivity index (χ3n) is 4.95. The largest absolute Gasteiger partial charge is 0.396 e. The molecular weight excluding hydrogens is 459 g/mol. The first-order chi connectivity index (χ1) is 15.3. The number of hydrogen-bond acceptors (Lipinski definition) is 4. The molecule has 0 aromatic heterocycles. The van der Waals surface area contributed by atoms with Crippen molar-refractivity contribution in [1.29, 1.82) is 0 Å². The molecule has 0 radical (unpaired) electrons. The molecule has 0 fully saturated rings. The number of rotatable bonds is 7. The minimum atomic E-state index is -0.0472. The highest BCUT2D eigenvalue weighted by molar-refractivity contribution is 7.78. The Kier molecular flexibility index (Phi) is 10.9. The van der Waals surface area contributed by atoms with E-state index < -0.39 is 0 Å². The summed E-state index contributed by atoms with van der Waals surface area (Å²) in [6.07, 6.45) is 4.79. The van der Waals surface area contributed by atoms with Crippen molar-refractivity contribution < 1.29 is 0 Å². The zero-order chi connectivity index (χ0) is 23.5. The summed E-state index contributed by atoms with van der Waals surface area (Å²) in [5, 5.41) is 5.10. The number of thiocarbonyl (C=S) groups is 1. The lowest BCUT2D eigenvalue weighted by Crippen LogP contribution is -2.31. The number of allylic oxidation sites excluding steroid dienone is 4. The second kappa shape index (κ2) is 13.4. The zero-order valence-corrected chi connectivity index (χ0v) is 21.0. The molecular formula is C25H30Cl2N4S. The molecule has 32 heavy (non-hydrogen) atoms. The van der Waals surface area contributed by atoms with E-state index in [-0.39, 0.29) is 12.1 Å². The van der Waals surface area contributed by atoms with Crippen LogP contribution in [0.15, 0.2) is 82.5 Å². The lowest BCUT2D eigenvalue weighted by Gasteiger charge is -2.30. The van der Waals surface area contributed by atoms with Gasteiger partial charge in [0.25, 0.3) is 0 Å². The average molecular weight is 490 g/mol. The molecule has 170 valence electrons. The lowest BCUT2D eigenvalue weighted by atomic mass is 9.87. The number of benzene rings is 2. The van der Waals surface area contributed by atoms with Crippen LogP contribution in [0.25, 0.3) is 0 Å². The van der Waals surface area contributed by atoms with Gasteiger partial charge >= 0.3 is 0 Å². The topological polar surface area (TPSA) is 53.6 Å². The third-order valence-corrected chi connectivity index (χ3v) is 5.49. The van der Waals surface area contributed by atoms with E-state index in [0.717, 1.165) is 39.8 Å². The number of aliphatic imine (C=N–C) groups is 1. The standard InChI is InChI=1S/C24H27Cl2N3.CH3NS/c1-17(27-16-18-9-11-20(25)12-10-18)28-24(19-7-5-4-6-8-19)22-15-21(26)13-14-23(22)29(2)3;2-1-3/h4-14,17,22,27H,15-16H2,1-3H3;1H,(H2,2,3)/b28-24-;. The van der Waals surface area contributed by atoms with Crippen molar-refractivity contribution in [3.05, 3.63) is 93.6 Å². The predicted octanol–water partition coefficient (Wildman–Crippen LogP) is 5.76. The summed E-state index contributed by atoms with van der Waals surface area (Å²) in [6.45, 7) is 2.81. The first kappa shape index (κ1) is 26.1. The fraction of sp³-hybridized carbons (Fsp3) is 0.280. The van der Waals surface area contributed by atoms with Crippen molar-refractivity contribution in [3.8, 4) is 0 Å². The van der Waals surface area contributed by atoms with Crippen molar-refractivity contribution >= 4 is 46.6 Å². The third kappa shape index (κ3) is 8.06. The summed E-state index contributed by atoms with van der Waals surface area (Å²) in [7, 11) is 4.13. The smallest absolute Gasteiger partial charge is 0.0972 e. The van der Waals surface area contributed by atoms with Gasteiger partial charge in [0.05, 0.1) is 17.4 Å². The Labute approximate surface area is 206 Å². The molecule has 0 saturated heterocycles. The Morgan fingerprint density at radius 1 is 1.16 bits per heavy atom. The summed E-state index contributed by atoms with van der Waals surface area (Å²) >= 11 is 16.4. The number of nitrogens with one attached hydrogen (secondary N) is 1. The van der Waals surface area contributed by atoms with Gasteiger partial charge in [-0.1, -0.05) is 77.9 Å². The Bertz CT molecular complexity index is 954. The first-order valence-electron chi connectivity index (χ1n) is 10.4. The van der Waals surface area contributed by atoms with Gasteiger partial charge in [0.15, 0.2) is 0 Å². The molecule has 7 heteroatoms. The van der Waals surface area contributed by atoms with Crippen LogP contribution in [-0.4, -0.2) is 36.4 Å². The minimum absolute atomic E-state index is 0.0472. The van der Waals surface area contributed by atoms with E-state index in [1.165, 1.54) is 11.3 Å². The molecule has 1 aliphatic carbocycles. The Balaban J connectivity index is 0.00000114. The fourth-order valence-corrected chi connectivity index (χ4v) is 3.80. The molecule has 0 saturated carbocycles. The zero-order valence-electron chi connectivity index (χ0n) is 18.6. The average Bonchev–Trinajstić information content (AvgIpc) is 2.78. The predicted molar refractivity (Wildman–Crippen MR) is 142 cm³/mol. The molecule has 0 aliphatic heterocycles. The highest BCUT2D eigenvalue weighted by Crippen LogP contribution is 2.32. The molecule has 0 bridgehead atoms. The summed E-state index contributed by atoms with van der Waals surface area (Å²) in [5.74, 6) is 0.115. The van der Waals surface area contributed by atoms with Crippen LogP contribution in [0.2, 0.25) is 5.02 Å². The SMILES string of the molecule is CC(/N=C(/c1ccccc1)C1CC(Cl)=CC=C1N(C)C)NCc1ccc(Cl)cc1.NC=S. The van der Waals surface area contributed by atoms with Crippen LogP contribution >= 0.6 is 35.4 Å². The van der Waals surface area contributed by atoms with E-state index in [0.29, 0.717) is 0 Å². The van der Waals surface area contributed by atoms with Gasteiger partial charge in [-0.2, -0.15) is 0 Å². The van der Waals surface area contributed by atoms with Crippen LogP contribution < -0.4 is 11.1 Å². The van der Waals surface area contributed by atoms with Crippen LogP contribution in [0.4, 0.5) is 0 Å². The van der Waals surface area contributed by atoms with Gasteiger partial charge < -0.3 is 10.6 Å². The molecule has 0 heterocycles. The number of nitrogens with zero attached hydrogens (tertiary/aromatic N) is 2. The monoisotopic (exact) mass is 488 g/mol. The van der Waals surface area contributed by atoms with E-state index >= 15 is 0 Å². The minimum Gasteiger partial charge on any atom is -0.396 e. The van der Waals surface area contributed by atoms with E-state index in [9.17, 15) is 0 Å². The van der Waals surface area contributed by atoms with Gasteiger partial charge in [0, 0.05) is 42.3 Å². The molecule has 2 atom stereocenters. The van der Waals surface area contributed by atoms with Crippen molar-refractivity contribution in [3.63, 3.8) is 0 Å². The maximum absolute atomic E-state index is 6.42. The lowest BCUT2D eigenvalue weighted by molar-refractivity contribution is 0.455. The number of halogens is 2. The van der Waals surface area contributed by atoms with Crippen molar-refractivity contribution in [2.75, 3.05) is 14.1 Å². The van der Waals surface area contributed by atoms with Gasteiger partial charge in [-0.3, -0.25) is 10.3 Å². The van der Waals surface area contributed by atoms with E-state index in [4.69, 9.17) is 28.2 Å². The summed E-state index contributed by atoms with van der Waals surface area (Å²) in [6, 6.07) is 18.2. The second-order valence-corrected chi connectivity index (χ2v) is 8.75. The maximum atomic E-state index is 6.42. The molecule has 2 aromatic rings. The Hall–Kier alpha value is -2.18. The van der Waals surface area contributed by atoms with E-state index in [1.54, 1.807) is 0 Å². The molecule has 3 N–H and O–H groups in total. The number of hydrogen-bond donors (Lipinski definition) is 2. The van der Waals surface area contributed by atoms with Gasteiger partial charge in [-0.25, -0.2) is 0 Å². The molecule has 2 aromatic carbocycles. The van der Waals surface area contributed by atoms with Gasteiger partial charge in [0.2, 0.25) is 0 Å². The molecule has 2 unspecified atom stereocenters. The molecule has 0 spiro atoms. The molecule has 3 rings (SSSR count). The maximum Gasteiger partial charge on any atom is 0.0972 e. The molecule has 4 nitrogen and oxygen atoms in total. The first-order valence-corrected chi connectivity index (χ1v) is 11.6.